The summed E-state index contributed by atoms with van der Waals surface area (Å²) >= 11 is 5.94. The number of aromatic nitrogens is 3. The third kappa shape index (κ3) is 2.03. The molecule has 2 heterocycles. The standard InChI is InChI=1S/C11H12ClN3O2/c1-6-7(2)11-13-8(5-17-3)4-9(16)15(11)14-10(6)12/h4H,5H2,1-3H3. The third-order valence-electron chi connectivity index (χ3n) is 2.64. The number of methoxy groups -OCH3 is 1. The fraction of sp³-hybridized carbons (Fsp3) is 0.364. The van der Waals surface area contributed by atoms with Gasteiger partial charge in [0, 0.05) is 13.2 Å². The highest BCUT2D eigenvalue weighted by Gasteiger charge is 2.10. The molecule has 0 spiro atoms. The lowest BCUT2D eigenvalue weighted by Crippen LogP contribution is -2.20. The van der Waals surface area contributed by atoms with Crippen LogP contribution in [-0.2, 0) is 11.3 Å². The molecule has 0 aromatic carbocycles. The molecule has 0 saturated heterocycles. The van der Waals surface area contributed by atoms with Crippen molar-refractivity contribution in [2.45, 2.75) is 20.5 Å². The second-order valence-electron chi connectivity index (χ2n) is 3.79. The molecule has 90 valence electrons. The number of hydrogen-bond donors (Lipinski definition) is 0. The van der Waals surface area contributed by atoms with Crippen LogP contribution in [0, 0.1) is 13.8 Å². The maximum Gasteiger partial charge on any atom is 0.274 e. The van der Waals surface area contributed by atoms with Gasteiger partial charge < -0.3 is 4.74 Å². The Labute approximate surface area is 103 Å². The Morgan fingerprint density at radius 3 is 2.76 bits per heavy atom. The Morgan fingerprint density at radius 1 is 1.41 bits per heavy atom. The lowest BCUT2D eigenvalue weighted by Gasteiger charge is -2.08. The van der Waals surface area contributed by atoms with Crippen molar-refractivity contribution in [2.24, 2.45) is 0 Å². The van der Waals surface area contributed by atoms with E-state index >= 15 is 0 Å². The van der Waals surface area contributed by atoms with Crippen molar-refractivity contribution in [1.82, 2.24) is 14.6 Å². The van der Waals surface area contributed by atoms with E-state index in [1.54, 1.807) is 7.11 Å². The topological polar surface area (TPSA) is 56.5 Å². The fourth-order valence-electron chi connectivity index (χ4n) is 1.57. The first-order valence-electron chi connectivity index (χ1n) is 5.09. The van der Waals surface area contributed by atoms with E-state index in [1.165, 1.54) is 10.6 Å². The highest BCUT2D eigenvalue weighted by molar-refractivity contribution is 6.30. The van der Waals surface area contributed by atoms with Crippen molar-refractivity contribution in [1.29, 1.82) is 0 Å². The number of halogens is 1. The number of hydrogen-bond acceptors (Lipinski definition) is 4. The van der Waals surface area contributed by atoms with Gasteiger partial charge in [-0.15, -0.1) is 0 Å². The van der Waals surface area contributed by atoms with Gasteiger partial charge in [-0.05, 0) is 25.0 Å². The van der Waals surface area contributed by atoms with Crippen LogP contribution in [0.3, 0.4) is 0 Å². The van der Waals surface area contributed by atoms with Gasteiger partial charge in [-0.3, -0.25) is 4.79 Å². The number of rotatable bonds is 2. The predicted octanol–water partition coefficient (Wildman–Crippen LogP) is 1.51. The molecule has 0 bridgehead atoms. The fourth-order valence-corrected chi connectivity index (χ4v) is 1.79. The summed E-state index contributed by atoms with van der Waals surface area (Å²) in [6.07, 6.45) is 0. The molecule has 2 aromatic rings. The van der Waals surface area contributed by atoms with Crippen molar-refractivity contribution in [3.8, 4) is 0 Å². The average Bonchev–Trinajstić information content (AvgIpc) is 2.29. The number of aryl methyl sites for hydroxylation is 1. The number of fused-ring (bicyclic) bond motifs is 1. The average molecular weight is 254 g/mol. The van der Waals surface area contributed by atoms with E-state index in [9.17, 15) is 4.79 Å². The van der Waals surface area contributed by atoms with Crippen LogP contribution in [0.15, 0.2) is 10.9 Å². The molecule has 0 amide bonds. The summed E-state index contributed by atoms with van der Waals surface area (Å²) < 4.78 is 6.18. The quantitative estimate of drug-likeness (QED) is 0.814. The number of ether oxygens (including phenoxy) is 1. The lowest BCUT2D eigenvalue weighted by molar-refractivity contribution is 0.181. The van der Waals surface area contributed by atoms with Gasteiger partial charge in [-0.1, -0.05) is 11.6 Å². The highest BCUT2D eigenvalue weighted by Crippen LogP contribution is 2.18. The van der Waals surface area contributed by atoms with Gasteiger partial charge in [0.25, 0.3) is 5.56 Å². The van der Waals surface area contributed by atoms with E-state index in [4.69, 9.17) is 16.3 Å². The Morgan fingerprint density at radius 2 is 2.12 bits per heavy atom. The summed E-state index contributed by atoms with van der Waals surface area (Å²) in [5.74, 6) is 0. The van der Waals surface area contributed by atoms with Gasteiger partial charge in [-0.2, -0.15) is 9.61 Å². The van der Waals surface area contributed by atoms with Gasteiger partial charge in [0.05, 0.1) is 12.3 Å². The van der Waals surface area contributed by atoms with Gasteiger partial charge in [-0.25, -0.2) is 4.98 Å². The van der Waals surface area contributed by atoms with E-state index in [-0.39, 0.29) is 5.56 Å². The van der Waals surface area contributed by atoms with Crippen LogP contribution in [0.1, 0.15) is 16.8 Å². The zero-order valence-corrected chi connectivity index (χ0v) is 10.6. The minimum absolute atomic E-state index is 0.257. The molecule has 0 radical (unpaired) electrons. The van der Waals surface area contributed by atoms with Crippen LogP contribution < -0.4 is 5.56 Å². The molecule has 6 heteroatoms. The summed E-state index contributed by atoms with van der Waals surface area (Å²) in [4.78, 5) is 16.2. The second-order valence-corrected chi connectivity index (χ2v) is 4.15. The second kappa shape index (κ2) is 4.43. The van der Waals surface area contributed by atoms with Gasteiger partial charge >= 0.3 is 0 Å². The molecule has 0 atom stereocenters. The van der Waals surface area contributed by atoms with E-state index in [2.05, 4.69) is 10.1 Å². The number of nitrogens with zero attached hydrogens (tertiary/aromatic N) is 3. The lowest BCUT2D eigenvalue weighted by atomic mass is 10.2. The molecular formula is C11H12ClN3O2. The van der Waals surface area contributed by atoms with Crippen LogP contribution in [0.2, 0.25) is 5.15 Å². The SMILES string of the molecule is COCc1cc(=O)n2nc(Cl)c(C)c(C)c2n1. The zero-order chi connectivity index (χ0) is 12.6. The normalized spacial score (nSPS) is 11.1. The van der Waals surface area contributed by atoms with Crippen molar-refractivity contribution in [2.75, 3.05) is 7.11 Å². The van der Waals surface area contributed by atoms with E-state index in [0.29, 0.717) is 23.1 Å². The maximum absolute atomic E-state index is 11.8. The van der Waals surface area contributed by atoms with Crippen LogP contribution in [0.4, 0.5) is 0 Å². The molecule has 0 aliphatic carbocycles. The Kier molecular flexibility index (Phi) is 3.13. The van der Waals surface area contributed by atoms with Gasteiger partial charge in [0.1, 0.15) is 0 Å². The molecule has 5 nitrogen and oxygen atoms in total. The summed E-state index contributed by atoms with van der Waals surface area (Å²) in [6, 6.07) is 1.40. The molecule has 0 saturated carbocycles. The molecule has 0 aliphatic heterocycles. The smallest absolute Gasteiger partial charge is 0.274 e. The zero-order valence-electron chi connectivity index (χ0n) is 9.82. The van der Waals surface area contributed by atoms with Gasteiger partial charge in [0.2, 0.25) is 0 Å². The first-order chi connectivity index (χ1) is 8.04. The van der Waals surface area contributed by atoms with Crippen molar-refractivity contribution in [3.63, 3.8) is 0 Å². The van der Waals surface area contributed by atoms with E-state index < -0.39 is 0 Å². The van der Waals surface area contributed by atoms with E-state index in [1.807, 2.05) is 13.8 Å². The molecule has 2 rings (SSSR count). The molecule has 2 aromatic heterocycles. The molecular weight excluding hydrogens is 242 g/mol. The molecule has 0 fully saturated rings. The predicted molar refractivity (Wildman–Crippen MR) is 64.5 cm³/mol. The van der Waals surface area contributed by atoms with Crippen molar-refractivity contribution in [3.05, 3.63) is 38.4 Å². The van der Waals surface area contributed by atoms with Crippen LogP contribution in [0.25, 0.3) is 5.65 Å². The van der Waals surface area contributed by atoms with E-state index in [0.717, 1.165) is 11.1 Å². The van der Waals surface area contributed by atoms with Crippen LogP contribution >= 0.6 is 11.6 Å². The Hall–Kier alpha value is -1.46. The minimum atomic E-state index is -0.257. The molecule has 0 N–H and O–H groups in total. The molecule has 0 unspecified atom stereocenters. The molecule has 0 aliphatic rings. The van der Waals surface area contributed by atoms with Crippen LogP contribution in [0.5, 0.6) is 0 Å². The molecule has 17 heavy (non-hydrogen) atoms. The van der Waals surface area contributed by atoms with Crippen molar-refractivity contribution >= 4 is 17.2 Å². The van der Waals surface area contributed by atoms with Crippen molar-refractivity contribution < 1.29 is 4.74 Å². The summed E-state index contributed by atoms with van der Waals surface area (Å²) in [7, 11) is 1.56. The van der Waals surface area contributed by atoms with Gasteiger partial charge in [0.15, 0.2) is 10.8 Å². The Balaban J connectivity index is 2.83. The summed E-state index contributed by atoms with van der Waals surface area (Å²) in [5.41, 5.74) is 2.52. The third-order valence-corrected chi connectivity index (χ3v) is 3.00. The first-order valence-corrected chi connectivity index (χ1v) is 5.47. The maximum atomic E-state index is 11.8. The van der Waals surface area contributed by atoms with Crippen LogP contribution in [-0.4, -0.2) is 21.7 Å². The summed E-state index contributed by atoms with van der Waals surface area (Å²) in [5, 5.41) is 4.32. The minimum Gasteiger partial charge on any atom is -0.378 e. The Bertz CT molecular complexity index is 637. The first kappa shape index (κ1) is 12.0. The summed E-state index contributed by atoms with van der Waals surface area (Å²) in [6.45, 7) is 4.01. The monoisotopic (exact) mass is 253 g/mol. The largest absolute Gasteiger partial charge is 0.378 e. The highest BCUT2D eigenvalue weighted by atomic mass is 35.5.